The molecule has 0 amide bonds. The Hall–Kier alpha value is 0.450. The first-order valence-electron chi connectivity index (χ1n) is 2.32. The zero-order chi connectivity index (χ0) is 7.72. The average Bonchev–Trinajstić information content (AvgIpc) is 1.82. The Morgan fingerprint density at radius 2 is 2.30 bits per heavy atom. The molecule has 0 radical (unpaired) electrons. The van der Waals surface area contributed by atoms with Crippen molar-refractivity contribution in [1.82, 2.24) is 4.98 Å². The minimum absolute atomic E-state index is 0.130. The Balaban J connectivity index is 3.31. The second kappa shape index (κ2) is 3.23. The third-order valence-electron chi connectivity index (χ3n) is 0.872. The zero-order valence-electron chi connectivity index (χ0n) is 4.61. The van der Waals surface area contributed by atoms with E-state index in [1.165, 1.54) is 0 Å². The lowest BCUT2D eigenvalue weighted by atomic mass is 10.5. The fourth-order valence-electron chi connectivity index (χ4n) is 0.450. The van der Waals surface area contributed by atoms with Crippen molar-refractivity contribution >= 4 is 50.1 Å². The van der Waals surface area contributed by atoms with Gasteiger partial charge in [0, 0.05) is 0 Å². The molecule has 0 spiro atoms. The lowest BCUT2D eigenvalue weighted by Crippen LogP contribution is -1.81. The molecular weight excluding hydrogens is 332 g/mol. The quantitative estimate of drug-likeness (QED) is 0.585. The van der Waals surface area contributed by atoms with Gasteiger partial charge in [-0.15, -0.1) is 0 Å². The van der Waals surface area contributed by atoms with E-state index in [1.807, 2.05) is 22.6 Å². The van der Waals surface area contributed by atoms with Crippen molar-refractivity contribution in [3.8, 4) is 5.75 Å². The van der Waals surface area contributed by atoms with Crippen molar-refractivity contribution in [1.29, 1.82) is 0 Å². The first kappa shape index (κ1) is 8.55. The fraction of sp³-hybridized carbons (Fsp3) is 0. The van der Waals surface area contributed by atoms with E-state index in [0.29, 0.717) is 13.3 Å². The van der Waals surface area contributed by atoms with Crippen LogP contribution in [-0.2, 0) is 0 Å². The predicted octanol–water partition coefficient (Wildman–Crippen LogP) is 2.81. The SMILES string of the molecule is Oc1c(I)cc(Cl)nc1Br. The van der Waals surface area contributed by atoms with Crippen LogP contribution in [0.15, 0.2) is 10.7 Å². The molecule has 0 aliphatic rings. The summed E-state index contributed by atoms with van der Waals surface area (Å²) in [5.41, 5.74) is 0. The zero-order valence-corrected chi connectivity index (χ0v) is 9.11. The summed E-state index contributed by atoms with van der Waals surface area (Å²) in [5.74, 6) is 0.130. The van der Waals surface area contributed by atoms with Gasteiger partial charge in [0.25, 0.3) is 0 Å². The first-order chi connectivity index (χ1) is 4.61. The monoisotopic (exact) mass is 333 g/mol. The Labute approximate surface area is 84.9 Å². The highest BCUT2D eigenvalue weighted by Crippen LogP contribution is 2.28. The van der Waals surface area contributed by atoms with E-state index in [2.05, 4.69) is 20.9 Å². The summed E-state index contributed by atoms with van der Waals surface area (Å²) >= 11 is 10.6. The number of rotatable bonds is 0. The first-order valence-corrected chi connectivity index (χ1v) is 4.56. The van der Waals surface area contributed by atoms with Crippen LogP contribution in [0.2, 0.25) is 5.15 Å². The molecule has 54 valence electrons. The van der Waals surface area contributed by atoms with Crippen LogP contribution >= 0.6 is 50.1 Å². The molecule has 1 aromatic heterocycles. The summed E-state index contributed by atoms with van der Waals surface area (Å²) in [6.07, 6.45) is 0. The molecule has 0 fully saturated rings. The third-order valence-corrected chi connectivity index (χ3v) is 2.44. The lowest BCUT2D eigenvalue weighted by molar-refractivity contribution is 0.464. The number of hydrogen-bond acceptors (Lipinski definition) is 2. The molecule has 0 aromatic carbocycles. The largest absolute Gasteiger partial charge is 0.504 e. The molecular formula is C5H2BrClINO. The van der Waals surface area contributed by atoms with E-state index in [4.69, 9.17) is 16.7 Å². The van der Waals surface area contributed by atoms with E-state index in [0.717, 1.165) is 0 Å². The van der Waals surface area contributed by atoms with Crippen molar-refractivity contribution in [3.63, 3.8) is 0 Å². The maximum atomic E-state index is 9.16. The standard InChI is InChI=1S/C5H2BrClINO/c6-5-4(10)2(8)1-3(7)9-5/h1,10H. The summed E-state index contributed by atoms with van der Waals surface area (Å²) in [7, 11) is 0. The van der Waals surface area contributed by atoms with Gasteiger partial charge in [-0.2, -0.15) is 0 Å². The highest BCUT2D eigenvalue weighted by atomic mass is 127. The second-order valence-corrected chi connectivity index (χ2v) is 3.87. The summed E-state index contributed by atoms with van der Waals surface area (Å²) < 4.78 is 1.06. The normalized spacial score (nSPS) is 9.90. The highest BCUT2D eigenvalue weighted by Gasteiger charge is 2.04. The Bertz CT molecular complexity index is 245. The molecule has 10 heavy (non-hydrogen) atoms. The van der Waals surface area contributed by atoms with Crippen LogP contribution in [0.3, 0.4) is 0 Å². The third kappa shape index (κ3) is 1.73. The van der Waals surface area contributed by atoms with Crippen LogP contribution in [0.25, 0.3) is 0 Å². The Morgan fingerprint density at radius 1 is 1.70 bits per heavy atom. The highest BCUT2D eigenvalue weighted by molar-refractivity contribution is 14.1. The number of aromatic nitrogens is 1. The molecule has 0 unspecified atom stereocenters. The predicted molar refractivity (Wildman–Crippen MR) is 51.3 cm³/mol. The summed E-state index contributed by atoms with van der Waals surface area (Å²) in [4.78, 5) is 3.76. The molecule has 5 heteroatoms. The van der Waals surface area contributed by atoms with E-state index in [-0.39, 0.29) is 5.75 Å². The average molecular weight is 334 g/mol. The maximum Gasteiger partial charge on any atom is 0.161 e. The fourth-order valence-corrected chi connectivity index (χ4v) is 2.26. The number of hydrogen-bond donors (Lipinski definition) is 1. The van der Waals surface area contributed by atoms with Crippen molar-refractivity contribution < 1.29 is 5.11 Å². The molecule has 0 aliphatic heterocycles. The van der Waals surface area contributed by atoms with Gasteiger partial charge in [0.2, 0.25) is 0 Å². The van der Waals surface area contributed by atoms with Crippen molar-refractivity contribution in [2.45, 2.75) is 0 Å². The van der Waals surface area contributed by atoms with Crippen LogP contribution in [0.1, 0.15) is 0 Å². The van der Waals surface area contributed by atoms with Gasteiger partial charge >= 0.3 is 0 Å². The maximum absolute atomic E-state index is 9.16. The van der Waals surface area contributed by atoms with Gasteiger partial charge in [0.1, 0.15) is 5.15 Å². The van der Waals surface area contributed by atoms with Crippen molar-refractivity contribution in [2.24, 2.45) is 0 Å². The second-order valence-electron chi connectivity index (χ2n) is 1.57. The molecule has 0 saturated heterocycles. The minimum atomic E-state index is 0.130. The van der Waals surface area contributed by atoms with Gasteiger partial charge < -0.3 is 5.11 Å². The summed E-state index contributed by atoms with van der Waals surface area (Å²) in [6, 6.07) is 1.59. The smallest absolute Gasteiger partial charge is 0.161 e. The number of nitrogens with zero attached hydrogens (tertiary/aromatic N) is 1. The number of pyridine rings is 1. The van der Waals surface area contributed by atoms with Crippen LogP contribution in [0.4, 0.5) is 0 Å². The van der Waals surface area contributed by atoms with Crippen LogP contribution < -0.4 is 0 Å². The van der Waals surface area contributed by atoms with Crippen molar-refractivity contribution in [3.05, 3.63) is 19.4 Å². The molecule has 0 aliphatic carbocycles. The summed E-state index contributed by atoms with van der Waals surface area (Å²) in [6.45, 7) is 0. The van der Waals surface area contributed by atoms with Gasteiger partial charge in [0.05, 0.1) is 3.57 Å². The Kier molecular flexibility index (Phi) is 2.76. The number of aromatic hydroxyl groups is 1. The molecule has 1 aromatic rings. The molecule has 2 nitrogen and oxygen atoms in total. The topological polar surface area (TPSA) is 33.1 Å². The van der Waals surface area contributed by atoms with E-state index < -0.39 is 0 Å². The van der Waals surface area contributed by atoms with Crippen LogP contribution in [-0.4, -0.2) is 10.1 Å². The molecule has 0 bridgehead atoms. The molecule has 1 heterocycles. The summed E-state index contributed by atoms with van der Waals surface area (Å²) in [5, 5.41) is 9.52. The van der Waals surface area contributed by atoms with Crippen molar-refractivity contribution in [2.75, 3.05) is 0 Å². The number of halogens is 3. The minimum Gasteiger partial charge on any atom is -0.504 e. The molecule has 1 rings (SSSR count). The van der Waals surface area contributed by atoms with Crippen LogP contribution in [0, 0.1) is 3.57 Å². The van der Waals surface area contributed by atoms with Gasteiger partial charge in [-0.05, 0) is 44.6 Å². The van der Waals surface area contributed by atoms with Gasteiger partial charge in [-0.25, -0.2) is 4.98 Å². The molecule has 0 saturated carbocycles. The Morgan fingerprint density at radius 3 is 2.80 bits per heavy atom. The van der Waals surface area contributed by atoms with Gasteiger partial charge in [-0.1, -0.05) is 11.6 Å². The van der Waals surface area contributed by atoms with E-state index in [1.54, 1.807) is 6.07 Å². The van der Waals surface area contributed by atoms with E-state index >= 15 is 0 Å². The molecule has 0 atom stereocenters. The van der Waals surface area contributed by atoms with E-state index in [9.17, 15) is 0 Å². The van der Waals surface area contributed by atoms with Gasteiger partial charge in [-0.3, -0.25) is 0 Å². The molecule has 1 N–H and O–H groups in total. The van der Waals surface area contributed by atoms with Crippen LogP contribution in [0.5, 0.6) is 5.75 Å². The van der Waals surface area contributed by atoms with Gasteiger partial charge in [0.15, 0.2) is 10.4 Å². The lowest BCUT2D eigenvalue weighted by Gasteiger charge is -1.98.